The molecule has 1 aromatic carbocycles. The number of hydrogen-bond acceptors (Lipinski definition) is 4. The lowest BCUT2D eigenvalue weighted by Crippen LogP contribution is -2.36. The number of ether oxygens (including phenoxy) is 1. The van der Waals surface area contributed by atoms with Crippen LogP contribution in [-0.2, 0) is 19.6 Å². The first-order chi connectivity index (χ1) is 9.91. The average Bonchev–Trinajstić information content (AvgIpc) is 3.17. The minimum Gasteiger partial charge on any atom is -0.471 e. The molecule has 2 fully saturated rings. The number of rotatable bonds is 3. The Morgan fingerprint density at radius 3 is 2.29 bits per heavy atom. The summed E-state index contributed by atoms with van der Waals surface area (Å²) in [4.78, 5) is 9.38. The van der Waals surface area contributed by atoms with E-state index in [-0.39, 0.29) is 6.04 Å². The van der Waals surface area contributed by atoms with Crippen LogP contribution in [0.15, 0.2) is 29.2 Å². The smallest absolute Gasteiger partial charge is 0.292 e. The number of carbonyl (C=O) groups is 1. The highest BCUT2D eigenvalue weighted by molar-refractivity contribution is 7.89. The number of aryl methyl sites for hydroxylation is 1. The zero-order chi connectivity index (χ0) is 15.6. The highest BCUT2D eigenvalue weighted by atomic mass is 32.2. The second kappa shape index (κ2) is 6.15. The molecule has 0 bridgehead atoms. The molecule has 0 amide bonds. The molecule has 21 heavy (non-hydrogen) atoms. The minimum atomic E-state index is -3.27. The first-order valence-corrected chi connectivity index (χ1v) is 8.40. The molecule has 0 N–H and O–H groups in total. The van der Waals surface area contributed by atoms with E-state index >= 15 is 0 Å². The van der Waals surface area contributed by atoms with Crippen molar-refractivity contribution in [3.8, 4) is 0 Å². The van der Waals surface area contributed by atoms with Crippen molar-refractivity contribution >= 4 is 16.5 Å². The number of piperidine rings is 1. The Hall–Kier alpha value is -1.40. The first-order valence-electron chi connectivity index (χ1n) is 6.96. The zero-order valence-corrected chi connectivity index (χ0v) is 13.3. The van der Waals surface area contributed by atoms with E-state index in [1.165, 1.54) is 13.5 Å². The summed E-state index contributed by atoms with van der Waals surface area (Å²) in [6.07, 6.45) is 1.21. The van der Waals surface area contributed by atoms with Crippen LogP contribution in [0.3, 0.4) is 0 Å². The van der Waals surface area contributed by atoms with Crippen molar-refractivity contribution in [2.24, 2.45) is 11.8 Å². The van der Waals surface area contributed by atoms with Crippen LogP contribution in [0.5, 0.6) is 0 Å². The predicted molar refractivity (Wildman–Crippen MR) is 79.2 cm³/mol. The summed E-state index contributed by atoms with van der Waals surface area (Å²) in [6.45, 7) is 5.08. The number of benzene rings is 1. The van der Waals surface area contributed by atoms with E-state index in [1.807, 2.05) is 26.0 Å². The first kappa shape index (κ1) is 16.0. The van der Waals surface area contributed by atoms with Crippen LogP contribution in [0.1, 0.15) is 18.9 Å². The fraction of sp³-hybridized carbons (Fsp3) is 0.533. The van der Waals surface area contributed by atoms with Gasteiger partial charge < -0.3 is 4.74 Å². The summed E-state index contributed by atoms with van der Waals surface area (Å²) in [7, 11) is -1.96. The number of nitrogens with zero attached hydrogens (tertiary/aromatic N) is 1. The molecule has 1 aliphatic carbocycles. The lowest BCUT2D eigenvalue weighted by Gasteiger charge is -2.23. The molecule has 5 nitrogen and oxygen atoms in total. The molecule has 2 aliphatic rings. The standard InChI is InChI=1S/C13H17NO2S.C2H4O2/c1-9-3-5-12(6-4-9)17(15,16)14-8-11-7-13(11)10(14)2;1-4-2-3/h3-6,10-11,13H,7-8H2,1-2H3;2H,1H3/t10?,11-,13+;/m0./s1. The molecular formula is C15H21NO4S. The van der Waals surface area contributed by atoms with Gasteiger partial charge in [0.05, 0.1) is 12.0 Å². The van der Waals surface area contributed by atoms with Gasteiger partial charge >= 0.3 is 0 Å². The molecule has 0 spiro atoms. The van der Waals surface area contributed by atoms with Gasteiger partial charge in [-0.3, -0.25) is 4.79 Å². The maximum atomic E-state index is 12.4. The fourth-order valence-electron chi connectivity index (χ4n) is 2.85. The molecule has 1 aromatic rings. The summed E-state index contributed by atoms with van der Waals surface area (Å²) in [5, 5.41) is 0. The monoisotopic (exact) mass is 311 g/mol. The SMILES string of the molecule is COC=O.Cc1ccc(S(=O)(=O)N2C[C@@H]3C[C@@H]3C2C)cc1. The van der Waals surface area contributed by atoms with Gasteiger partial charge in [0.15, 0.2) is 0 Å². The number of hydrogen-bond donors (Lipinski definition) is 0. The van der Waals surface area contributed by atoms with Crippen molar-refractivity contribution in [2.75, 3.05) is 13.7 Å². The Labute approximate surface area is 126 Å². The van der Waals surface area contributed by atoms with E-state index in [2.05, 4.69) is 4.74 Å². The largest absolute Gasteiger partial charge is 0.471 e. The van der Waals surface area contributed by atoms with Gasteiger partial charge in [-0.15, -0.1) is 0 Å². The molecular weight excluding hydrogens is 290 g/mol. The molecule has 1 saturated carbocycles. The molecule has 0 aromatic heterocycles. The Balaban J connectivity index is 0.000000361. The topological polar surface area (TPSA) is 63.7 Å². The third-order valence-corrected chi connectivity index (χ3v) is 6.16. The highest BCUT2D eigenvalue weighted by Gasteiger charge is 2.54. The van der Waals surface area contributed by atoms with Gasteiger partial charge in [0.2, 0.25) is 10.0 Å². The maximum Gasteiger partial charge on any atom is 0.292 e. The van der Waals surface area contributed by atoms with Crippen LogP contribution < -0.4 is 0 Å². The third kappa shape index (κ3) is 3.27. The van der Waals surface area contributed by atoms with Gasteiger partial charge in [0.25, 0.3) is 6.47 Å². The number of carbonyl (C=O) groups excluding carboxylic acids is 1. The molecule has 1 heterocycles. The lowest BCUT2D eigenvalue weighted by atomic mass is 10.2. The van der Waals surface area contributed by atoms with E-state index < -0.39 is 10.0 Å². The van der Waals surface area contributed by atoms with Crippen LogP contribution in [-0.4, -0.2) is 38.9 Å². The predicted octanol–water partition coefficient (Wildman–Crippen LogP) is 1.81. The average molecular weight is 311 g/mol. The highest BCUT2D eigenvalue weighted by Crippen LogP contribution is 2.50. The Kier molecular flexibility index (Phi) is 4.68. The van der Waals surface area contributed by atoms with Gasteiger partial charge in [-0.05, 0) is 44.2 Å². The molecule has 3 rings (SSSR count). The minimum absolute atomic E-state index is 0.173. The Morgan fingerprint density at radius 1 is 1.29 bits per heavy atom. The van der Waals surface area contributed by atoms with Crippen LogP contribution in [0, 0.1) is 18.8 Å². The molecule has 3 atom stereocenters. The maximum absolute atomic E-state index is 12.4. The summed E-state index contributed by atoms with van der Waals surface area (Å²) in [6, 6.07) is 7.30. The van der Waals surface area contributed by atoms with Crippen LogP contribution in [0.4, 0.5) is 0 Å². The lowest BCUT2D eigenvalue weighted by molar-refractivity contribution is -0.126. The summed E-state index contributed by atoms with van der Waals surface area (Å²) in [5.41, 5.74) is 1.08. The summed E-state index contributed by atoms with van der Waals surface area (Å²) in [5.74, 6) is 1.22. The molecule has 1 unspecified atom stereocenters. The normalized spacial score (nSPS) is 27.3. The molecule has 6 heteroatoms. The van der Waals surface area contributed by atoms with Crippen molar-refractivity contribution in [1.29, 1.82) is 0 Å². The number of fused-ring (bicyclic) bond motifs is 1. The van der Waals surface area contributed by atoms with Crippen molar-refractivity contribution in [3.63, 3.8) is 0 Å². The quantitative estimate of drug-likeness (QED) is 0.799. The van der Waals surface area contributed by atoms with Crippen LogP contribution in [0.2, 0.25) is 0 Å². The van der Waals surface area contributed by atoms with E-state index in [0.717, 1.165) is 5.56 Å². The van der Waals surface area contributed by atoms with Gasteiger partial charge in [0, 0.05) is 12.6 Å². The third-order valence-electron chi connectivity index (χ3n) is 4.19. The van der Waals surface area contributed by atoms with Crippen molar-refractivity contribution in [1.82, 2.24) is 4.31 Å². The fourth-order valence-corrected chi connectivity index (χ4v) is 4.58. The second-order valence-electron chi connectivity index (χ2n) is 5.62. The van der Waals surface area contributed by atoms with Crippen LogP contribution >= 0.6 is 0 Å². The molecule has 116 valence electrons. The van der Waals surface area contributed by atoms with Crippen molar-refractivity contribution in [2.45, 2.75) is 31.2 Å². The van der Waals surface area contributed by atoms with E-state index in [9.17, 15) is 8.42 Å². The second-order valence-corrected chi connectivity index (χ2v) is 7.51. The Bertz CT molecular complexity index is 597. The number of methoxy groups -OCH3 is 1. The van der Waals surface area contributed by atoms with E-state index in [0.29, 0.717) is 29.7 Å². The van der Waals surface area contributed by atoms with E-state index in [4.69, 9.17) is 4.79 Å². The molecule has 1 aliphatic heterocycles. The van der Waals surface area contributed by atoms with Gasteiger partial charge in [-0.1, -0.05) is 17.7 Å². The zero-order valence-electron chi connectivity index (χ0n) is 12.5. The van der Waals surface area contributed by atoms with Gasteiger partial charge in [-0.25, -0.2) is 8.42 Å². The van der Waals surface area contributed by atoms with E-state index in [1.54, 1.807) is 16.4 Å². The van der Waals surface area contributed by atoms with Crippen molar-refractivity contribution in [3.05, 3.63) is 29.8 Å². The van der Waals surface area contributed by atoms with Crippen LogP contribution in [0.25, 0.3) is 0 Å². The summed E-state index contributed by atoms with van der Waals surface area (Å²) < 4.78 is 30.4. The Morgan fingerprint density at radius 2 is 1.86 bits per heavy atom. The number of sulfonamides is 1. The molecule has 1 saturated heterocycles. The summed E-state index contributed by atoms with van der Waals surface area (Å²) >= 11 is 0. The van der Waals surface area contributed by atoms with Gasteiger partial charge in [0.1, 0.15) is 0 Å². The van der Waals surface area contributed by atoms with Gasteiger partial charge in [-0.2, -0.15) is 4.31 Å². The van der Waals surface area contributed by atoms with Crippen molar-refractivity contribution < 1.29 is 17.9 Å². The molecule has 0 radical (unpaired) electrons.